The quantitative estimate of drug-likeness (QED) is 0.840. The number of amides is 1. The van der Waals surface area contributed by atoms with Gasteiger partial charge in [-0.05, 0) is 30.9 Å². The second kappa shape index (κ2) is 7.78. The predicted molar refractivity (Wildman–Crippen MR) is 81.1 cm³/mol. The fourth-order valence-corrected chi connectivity index (χ4v) is 2.57. The van der Waals surface area contributed by atoms with Gasteiger partial charge in [0.1, 0.15) is 5.75 Å². The molecule has 20 heavy (non-hydrogen) atoms. The van der Waals surface area contributed by atoms with Gasteiger partial charge in [0.05, 0.1) is 0 Å². The van der Waals surface area contributed by atoms with Gasteiger partial charge in [-0.25, -0.2) is 0 Å². The van der Waals surface area contributed by atoms with Crippen molar-refractivity contribution in [3.63, 3.8) is 0 Å². The minimum Gasteiger partial charge on any atom is -0.484 e. The van der Waals surface area contributed by atoms with Crippen LogP contribution in [0, 0.1) is 5.92 Å². The molecule has 1 aliphatic carbocycles. The number of hydrogen-bond donors (Lipinski definition) is 2. The van der Waals surface area contributed by atoms with E-state index in [1.807, 2.05) is 24.3 Å². The van der Waals surface area contributed by atoms with Crippen molar-refractivity contribution >= 4 is 11.6 Å². The molecule has 2 N–H and O–H groups in total. The number of benzene rings is 1. The van der Waals surface area contributed by atoms with Crippen LogP contribution >= 0.6 is 0 Å². The summed E-state index contributed by atoms with van der Waals surface area (Å²) in [5.41, 5.74) is 1.06. The highest BCUT2D eigenvalue weighted by Crippen LogP contribution is 2.24. The molecule has 1 saturated carbocycles. The van der Waals surface area contributed by atoms with Crippen LogP contribution in [0.3, 0.4) is 0 Å². The Kier molecular flexibility index (Phi) is 5.71. The van der Waals surface area contributed by atoms with Gasteiger partial charge in [0.25, 0.3) is 5.91 Å². The topological polar surface area (TPSA) is 50.4 Å². The first-order chi connectivity index (χ1) is 9.78. The third-order valence-corrected chi connectivity index (χ3v) is 3.80. The summed E-state index contributed by atoms with van der Waals surface area (Å²) in [7, 11) is 1.61. The predicted octanol–water partition coefficient (Wildman–Crippen LogP) is 2.80. The molecule has 0 bridgehead atoms. The maximum atomic E-state index is 11.2. The molecule has 4 heteroatoms. The zero-order chi connectivity index (χ0) is 14.2. The second-order valence-electron chi connectivity index (χ2n) is 5.37. The van der Waals surface area contributed by atoms with E-state index in [2.05, 4.69) is 10.6 Å². The van der Waals surface area contributed by atoms with Crippen molar-refractivity contribution in [2.24, 2.45) is 5.92 Å². The fourth-order valence-electron chi connectivity index (χ4n) is 2.57. The minimum absolute atomic E-state index is 0.0581. The van der Waals surface area contributed by atoms with Crippen LogP contribution in [0.25, 0.3) is 0 Å². The average molecular weight is 276 g/mol. The summed E-state index contributed by atoms with van der Waals surface area (Å²) in [6.07, 6.45) is 6.78. The Labute approximate surface area is 120 Å². The van der Waals surface area contributed by atoms with Crippen molar-refractivity contribution in [2.75, 3.05) is 25.5 Å². The maximum Gasteiger partial charge on any atom is 0.257 e. The number of carbonyl (C=O) groups is 1. The van der Waals surface area contributed by atoms with Gasteiger partial charge in [0.2, 0.25) is 0 Å². The van der Waals surface area contributed by atoms with Crippen LogP contribution in [0.2, 0.25) is 0 Å². The zero-order valence-electron chi connectivity index (χ0n) is 12.2. The van der Waals surface area contributed by atoms with Gasteiger partial charge >= 0.3 is 0 Å². The zero-order valence-corrected chi connectivity index (χ0v) is 12.2. The van der Waals surface area contributed by atoms with Crippen LogP contribution in [0.5, 0.6) is 5.75 Å². The van der Waals surface area contributed by atoms with Gasteiger partial charge in [-0.3, -0.25) is 4.79 Å². The third kappa shape index (κ3) is 4.76. The number of rotatable bonds is 6. The number of hydrogen-bond acceptors (Lipinski definition) is 3. The third-order valence-electron chi connectivity index (χ3n) is 3.80. The highest BCUT2D eigenvalue weighted by molar-refractivity contribution is 5.77. The van der Waals surface area contributed by atoms with E-state index in [4.69, 9.17) is 4.74 Å². The van der Waals surface area contributed by atoms with E-state index in [0.717, 1.165) is 23.9 Å². The van der Waals surface area contributed by atoms with Gasteiger partial charge in [0.15, 0.2) is 6.61 Å². The van der Waals surface area contributed by atoms with Crippen LogP contribution < -0.4 is 15.4 Å². The molecule has 4 nitrogen and oxygen atoms in total. The highest BCUT2D eigenvalue weighted by Gasteiger charge is 2.12. The van der Waals surface area contributed by atoms with E-state index in [-0.39, 0.29) is 12.5 Å². The molecular weight excluding hydrogens is 252 g/mol. The molecular formula is C16H24N2O2. The van der Waals surface area contributed by atoms with Gasteiger partial charge in [0, 0.05) is 25.3 Å². The highest BCUT2D eigenvalue weighted by atomic mass is 16.5. The van der Waals surface area contributed by atoms with E-state index in [0.29, 0.717) is 0 Å². The van der Waals surface area contributed by atoms with E-state index < -0.39 is 0 Å². The molecule has 0 unspecified atom stereocenters. The lowest BCUT2D eigenvalue weighted by Crippen LogP contribution is -2.24. The summed E-state index contributed by atoms with van der Waals surface area (Å²) in [5, 5.41) is 6.01. The summed E-state index contributed by atoms with van der Waals surface area (Å²) >= 11 is 0. The molecule has 0 saturated heterocycles. The van der Waals surface area contributed by atoms with Crippen LogP contribution in [-0.4, -0.2) is 26.1 Å². The SMILES string of the molecule is CNC(=O)COc1cccc(NCC2CCCCC2)c1. The molecule has 1 amide bonds. The van der Waals surface area contributed by atoms with Gasteiger partial charge in [-0.2, -0.15) is 0 Å². The molecule has 0 aliphatic heterocycles. The Morgan fingerprint density at radius 1 is 1.30 bits per heavy atom. The molecule has 110 valence electrons. The Hall–Kier alpha value is -1.71. The molecule has 1 aromatic rings. The second-order valence-corrected chi connectivity index (χ2v) is 5.37. The number of ether oxygens (including phenoxy) is 1. The molecule has 0 aromatic heterocycles. The largest absolute Gasteiger partial charge is 0.484 e. The number of likely N-dealkylation sites (N-methyl/N-ethyl adjacent to an activating group) is 1. The Morgan fingerprint density at radius 2 is 2.10 bits per heavy atom. The van der Waals surface area contributed by atoms with E-state index in [1.165, 1.54) is 32.1 Å². The van der Waals surface area contributed by atoms with Crippen LogP contribution in [-0.2, 0) is 4.79 Å². The number of carbonyl (C=O) groups excluding carboxylic acids is 1. The molecule has 0 spiro atoms. The number of anilines is 1. The summed E-state index contributed by atoms with van der Waals surface area (Å²) in [5.74, 6) is 1.40. The van der Waals surface area contributed by atoms with Gasteiger partial charge in [-0.15, -0.1) is 0 Å². The van der Waals surface area contributed by atoms with E-state index >= 15 is 0 Å². The van der Waals surface area contributed by atoms with Crippen molar-refractivity contribution in [3.05, 3.63) is 24.3 Å². The van der Waals surface area contributed by atoms with E-state index in [1.54, 1.807) is 7.05 Å². The van der Waals surface area contributed by atoms with Crippen molar-refractivity contribution in [1.82, 2.24) is 5.32 Å². The lowest BCUT2D eigenvalue weighted by Gasteiger charge is -2.22. The Balaban J connectivity index is 1.80. The Morgan fingerprint density at radius 3 is 2.85 bits per heavy atom. The van der Waals surface area contributed by atoms with Gasteiger partial charge < -0.3 is 15.4 Å². The molecule has 1 fully saturated rings. The molecule has 1 aromatic carbocycles. The van der Waals surface area contributed by atoms with Gasteiger partial charge in [-0.1, -0.05) is 25.3 Å². The molecule has 0 radical (unpaired) electrons. The van der Waals surface area contributed by atoms with Crippen LogP contribution in [0.1, 0.15) is 32.1 Å². The monoisotopic (exact) mass is 276 g/mol. The van der Waals surface area contributed by atoms with Crippen molar-refractivity contribution in [2.45, 2.75) is 32.1 Å². The first-order valence-corrected chi connectivity index (χ1v) is 7.45. The standard InChI is InChI=1S/C16H24N2O2/c1-17-16(19)12-20-15-9-5-8-14(10-15)18-11-13-6-3-2-4-7-13/h5,8-10,13,18H,2-4,6-7,11-12H2,1H3,(H,17,19). The summed E-state index contributed by atoms with van der Waals surface area (Å²) in [4.78, 5) is 11.2. The molecule has 2 rings (SSSR count). The first kappa shape index (κ1) is 14.7. The lowest BCUT2D eigenvalue weighted by atomic mass is 9.89. The van der Waals surface area contributed by atoms with Crippen molar-refractivity contribution in [1.29, 1.82) is 0 Å². The molecule has 0 heterocycles. The fraction of sp³-hybridized carbons (Fsp3) is 0.562. The smallest absolute Gasteiger partial charge is 0.257 e. The average Bonchev–Trinajstić information content (AvgIpc) is 2.52. The normalized spacial score (nSPS) is 15.7. The summed E-state index contributed by atoms with van der Waals surface area (Å²) in [6.45, 7) is 1.08. The van der Waals surface area contributed by atoms with E-state index in [9.17, 15) is 4.79 Å². The van der Waals surface area contributed by atoms with Crippen molar-refractivity contribution < 1.29 is 9.53 Å². The number of nitrogens with one attached hydrogen (secondary N) is 2. The molecule has 1 aliphatic rings. The summed E-state index contributed by atoms with van der Waals surface area (Å²) in [6, 6.07) is 7.80. The first-order valence-electron chi connectivity index (χ1n) is 7.45. The maximum absolute atomic E-state index is 11.2. The minimum atomic E-state index is -0.120. The van der Waals surface area contributed by atoms with Crippen LogP contribution in [0.15, 0.2) is 24.3 Å². The van der Waals surface area contributed by atoms with Crippen molar-refractivity contribution in [3.8, 4) is 5.75 Å². The Bertz CT molecular complexity index is 428. The summed E-state index contributed by atoms with van der Waals surface area (Å²) < 4.78 is 5.44. The van der Waals surface area contributed by atoms with Crippen LogP contribution in [0.4, 0.5) is 5.69 Å². The lowest BCUT2D eigenvalue weighted by molar-refractivity contribution is -0.122. The molecule has 0 atom stereocenters.